The molecule has 0 aromatic carbocycles. The van der Waals surface area contributed by atoms with Crippen molar-refractivity contribution in [1.29, 1.82) is 0 Å². The van der Waals surface area contributed by atoms with E-state index in [1.165, 1.54) is 283 Å². The van der Waals surface area contributed by atoms with E-state index < -0.39 is 18.2 Å². The molecule has 0 saturated carbocycles. The number of rotatable bonds is 57. The molecule has 0 aliphatic carbocycles. The average molecular weight is 945 g/mol. The lowest BCUT2D eigenvalue weighted by Gasteiger charge is -2.21. The van der Waals surface area contributed by atoms with Gasteiger partial charge in [-0.05, 0) is 32.1 Å². The van der Waals surface area contributed by atoms with Crippen molar-refractivity contribution in [3.05, 3.63) is 24.3 Å². The minimum atomic E-state index is -0.950. The van der Waals surface area contributed by atoms with E-state index in [0.717, 1.165) is 32.1 Å². The fraction of sp³-hybridized carbons (Fsp3) is 0.919. The molecule has 0 heterocycles. The first-order chi connectivity index (χ1) is 33.0. The number of hydrogen-bond donors (Lipinski definition) is 4. The van der Waals surface area contributed by atoms with Gasteiger partial charge in [0.25, 0.3) is 0 Å². The highest BCUT2D eigenvalue weighted by molar-refractivity contribution is 5.76. The second kappa shape index (κ2) is 57.4. The highest BCUT2D eigenvalue weighted by Crippen LogP contribution is 2.18. The van der Waals surface area contributed by atoms with E-state index in [9.17, 15) is 20.1 Å². The SMILES string of the molecule is CCCCCCCCCCCCC/C=C/CC/C=C/C(O)C(CO)NC(=O)CC(O)CCCCCCCCCCCCCCCCCCCCCCCCCCCCCCCCCCCCC. The van der Waals surface area contributed by atoms with Crippen LogP contribution in [-0.4, -0.2) is 46.1 Å². The van der Waals surface area contributed by atoms with Gasteiger partial charge in [-0.15, -0.1) is 0 Å². The van der Waals surface area contributed by atoms with Crippen LogP contribution in [0.15, 0.2) is 24.3 Å². The van der Waals surface area contributed by atoms with Crippen LogP contribution in [0.5, 0.6) is 0 Å². The number of unbranched alkanes of at least 4 members (excludes halogenated alkanes) is 46. The molecule has 1 amide bonds. The molecular weight excluding hydrogens is 823 g/mol. The van der Waals surface area contributed by atoms with E-state index >= 15 is 0 Å². The van der Waals surface area contributed by atoms with E-state index in [1.807, 2.05) is 6.08 Å². The molecular formula is C62H121NO4. The van der Waals surface area contributed by atoms with Crippen LogP contribution in [0, 0.1) is 0 Å². The highest BCUT2D eigenvalue weighted by atomic mass is 16.3. The zero-order chi connectivity index (χ0) is 48.6. The van der Waals surface area contributed by atoms with Crippen LogP contribution >= 0.6 is 0 Å². The molecule has 0 bridgehead atoms. The molecule has 3 unspecified atom stereocenters. The molecule has 0 aromatic heterocycles. The molecule has 0 aromatic rings. The van der Waals surface area contributed by atoms with Gasteiger partial charge in [0.1, 0.15) is 0 Å². The Kier molecular flexibility index (Phi) is 56.4. The molecule has 0 saturated heterocycles. The third kappa shape index (κ3) is 54.0. The van der Waals surface area contributed by atoms with Gasteiger partial charge in [-0.25, -0.2) is 0 Å². The lowest BCUT2D eigenvalue weighted by Crippen LogP contribution is -2.45. The first kappa shape index (κ1) is 65.8. The highest BCUT2D eigenvalue weighted by Gasteiger charge is 2.20. The monoisotopic (exact) mass is 944 g/mol. The summed E-state index contributed by atoms with van der Waals surface area (Å²) in [4.78, 5) is 12.5. The van der Waals surface area contributed by atoms with Gasteiger partial charge in [0.05, 0.1) is 31.3 Å². The maximum absolute atomic E-state index is 12.5. The summed E-state index contributed by atoms with van der Waals surface area (Å²) in [5.74, 6) is -0.319. The van der Waals surface area contributed by atoms with Gasteiger partial charge in [-0.3, -0.25) is 4.79 Å². The number of amides is 1. The summed E-state index contributed by atoms with van der Waals surface area (Å²) in [7, 11) is 0. The Labute approximate surface area is 420 Å². The summed E-state index contributed by atoms with van der Waals surface area (Å²) in [6.45, 7) is 4.24. The van der Waals surface area contributed by atoms with Crippen molar-refractivity contribution >= 4 is 5.91 Å². The van der Waals surface area contributed by atoms with Crippen LogP contribution in [0.4, 0.5) is 0 Å². The van der Waals surface area contributed by atoms with Crippen molar-refractivity contribution in [2.45, 2.75) is 360 Å². The normalized spacial score (nSPS) is 13.3. The Hall–Kier alpha value is -1.17. The van der Waals surface area contributed by atoms with Gasteiger partial charge in [0.15, 0.2) is 0 Å². The van der Waals surface area contributed by atoms with Gasteiger partial charge in [-0.1, -0.05) is 327 Å². The zero-order valence-corrected chi connectivity index (χ0v) is 45.6. The van der Waals surface area contributed by atoms with Crippen LogP contribution in [-0.2, 0) is 4.79 Å². The van der Waals surface area contributed by atoms with Crippen LogP contribution in [0.3, 0.4) is 0 Å². The van der Waals surface area contributed by atoms with E-state index in [2.05, 4.69) is 31.3 Å². The first-order valence-electron chi connectivity index (χ1n) is 30.6. The van der Waals surface area contributed by atoms with Crippen LogP contribution in [0.25, 0.3) is 0 Å². The number of carbonyl (C=O) groups excluding carboxylic acids is 1. The Morgan fingerprint density at radius 3 is 0.955 bits per heavy atom. The lowest BCUT2D eigenvalue weighted by molar-refractivity contribution is -0.124. The fourth-order valence-electron chi connectivity index (χ4n) is 9.83. The minimum Gasteiger partial charge on any atom is -0.394 e. The topological polar surface area (TPSA) is 89.8 Å². The molecule has 398 valence electrons. The number of aliphatic hydroxyl groups excluding tert-OH is 3. The quantitative estimate of drug-likeness (QED) is 0.0361. The van der Waals surface area contributed by atoms with Gasteiger partial charge in [0, 0.05) is 0 Å². The van der Waals surface area contributed by atoms with Crippen molar-refractivity contribution < 1.29 is 20.1 Å². The van der Waals surface area contributed by atoms with Crippen LogP contribution < -0.4 is 5.32 Å². The van der Waals surface area contributed by atoms with Crippen molar-refractivity contribution in [1.82, 2.24) is 5.32 Å². The molecule has 5 nitrogen and oxygen atoms in total. The zero-order valence-electron chi connectivity index (χ0n) is 45.6. The number of nitrogens with one attached hydrogen (secondary N) is 1. The van der Waals surface area contributed by atoms with E-state index in [0.29, 0.717) is 6.42 Å². The molecule has 5 heteroatoms. The Bertz CT molecular complexity index is 998. The van der Waals surface area contributed by atoms with Crippen LogP contribution in [0.2, 0.25) is 0 Å². The Morgan fingerprint density at radius 2 is 0.642 bits per heavy atom. The van der Waals surface area contributed by atoms with E-state index in [4.69, 9.17) is 0 Å². The number of allylic oxidation sites excluding steroid dienone is 3. The smallest absolute Gasteiger partial charge is 0.222 e. The summed E-state index contributed by atoms with van der Waals surface area (Å²) < 4.78 is 0. The number of hydrogen-bond acceptors (Lipinski definition) is 4. The standard InChI is InChI=1S/C62H121NO4/c1-3-5-7-9-11-13-15-17-19-21-22-23-24-25-26-27-28-29-30-31-32-33-34-35-36-37-38-40-41-43-45-47-49-51-53-55-59(65)57-62(67)63-60(58-64)61(66)56-54-52-50-48-46-44-42-39-20-18-16-14-12-10-8-6-4-2/h46,48,54,56,59-61,64-66H,3-45,47,49-53,55,57-58H2,1-2H3,(H,63,67)/b48-46+,56-54+. The van der Waals surface area contributed by atoms with Crippen molar-refractivity contribution in [3.63, 3.8) is 0 Å². The van der Waals surface area contributed by atoms with Gasteiger partial charge < -0.3 is 20.6 Å². The molecule has 0 spiro atoms. The average Bonchev–Trinajstić information content (AvgIpc) is 3.32. The summed E-state index contributed by atoms with van der Waals surface area (Å²) >= 11 is 0. The third-order valence-corrected chi connectivity index (χ3v) is 14.5. The van der Waals surface area contributed by atoms with Crippen molar-refractivity contribution in [2.75, 3.05) is 6.61 Å². The Balaban J connectivity index is 3.47. The predicted molar refractivity (Wildman–Crippen MR) is 296 cm³/mol. The largest absolute Gasteiger partial charge is 0.394 e. The third-order valence-electron chi connectivity index (χ3n) is 14.5. The summed E-state index contributed by atoms with van der Waals surface area (Å²) in [6.07, 6.45) is 74.1. The molecule has 0 aliphatic heterocycles. The Morgan fingerprint density at radius 1 is 0.373 bits per heavy atom. The first-order valence-corrected chi connectivity index (χ1v) is 30.6. The molecule has 0 rings (SSSR count). The summed E-state index contributed by atoms with van der Waals surface area (Å²) in [5.41, 5.74) is 0. The second-order valence-electron chi connectivity index (χ2n) is 21.3. The predicted octanol–water partition coefficient (Wildman–Crippen LogP) is 19.2. The maximum atomic E-state index is 12.5. The van der Waals surface area contributed by atoms with Crippen LogP contribution in [0.1, 0.15) is 341 Å². The summed E-state index contributed by atoms with van der Waals surface area (Å²) in [6, 6.07) is -0.759. The van der Waals surface area contributed by atoms with Gasteiger partial charge >= 0.3 is 0 Å². The van der Waals surface area contributed by atoms with E-state index in [-0.39, 0.29) is 18.9 Å². The molecule has 0 fully saturated rings. The second-order valence-corrected chi connectivity index (χ2v) is 21.3. The molecule has 67 heavy (non-hydrogen) atoms. The lowest BCUT2D eigenvalue weighted by atomic mass is 10.0. The maximum Gasteiger partial charge on any atom is 0.222 e. The fourth-order valence-corrected chi connectivity index (χ4v) is 9.83. The molecule has 4 N–H and O–H groups in total. The van der Waals surface area contributed by atoms with Gasteiger partial charge in [-0.2, -0.15) is 0 Å². The molecule has 3 atom stereocenters. The number of aliphatic hydroxyl groups is 3. The van der Waals surface area contributed by atoms with Gasteiger partial charge in [0.2, 0.25) is 5.91 Å². The molecule has 0 radical (unpaired) electrons. The van der Waals surface area contributed by atoms with E-state index in [1.54, 1.807) is 6.08 Å². The molecule has 0 aliphatic rings. The van der Waals surface area contributed by atoms with Crippen molar-refractivity contribution in [3.8, 4) is 0 Å². The minimum absolute atomic E-state index is 0.0104. The number of carbonyl (C=O) groups is 1. The van der Waals surface area contributed by atoms with Crippen molar-refractivity contribution in [2.24, 2.45) is 0 Å². The summed E-state index contributed by atoms with van der Waals surface area (Å²) in [5, 5.41) is 33.4.